The van der Waals surface area contributed by atoms with E-state index in [9.17, 15) is 18.0 Å². The number of benzene rings is 3. The van der Waals surface area contributed by atoms with E-state index in [4.69, 9.17) is 5.73 Å². The summed E-state index contributed by atoms with van der Waals surface area (Å²) < 4.78 is 41.5. The molecule has 1 aliphatic rings. The van der Waals surface area contributed by atoms with Crippen LogP contribution in [0.3, 0.4) is 0 Å². The van der Waals surface area contributed by atoms with E-state index in [1.807, 2.05) is 31.3 Å². The minimum Gasteiger partial charge on any atom is -0.397 e. The Morgan fingerprint density at radius 1 is 1.00 bits per heavy atom. The number of nitrogen functional groups attached to an aromatic ring is 1. The molecule has 4 rings (SSSR count). The van der Waals surface area contributed by atoms with Crippen molar-refractivity contribution in [2.75, 3.05) is 54.5 Å². The fourth-order valence-electron chi connectivity index (χ4n) is 4.10. The molecular formula is C28H30F3N5O. The van der Waals surface area contributed by atoms with Crippen LogP contribution >= 0.6 is 0 Å². The lowest BCUT2D eigenvalue weighted by atomic mass is 10.1. The van der Waals surface area contributed by atoms with Gasteiger partial charge in [0.05, 0.1) is 16.9 Å². The van der Waals surface area contributed by atoms with Crippen molar-refractivity contribution in [3.05, 3.63) is 89.5 Å². The van der Waals surface area contributed by atoms with Crippen molar-refractivity contribution >= 4 is 34.7 Å². The first-order valence-electron chi connectivity index (χ1n) is 12.0. The summed E-state index contributed by atoms with van der Waals surface area (Å²) in [7, 11) is 1.97. The van der Waals surface area contributed by atoms with Gasteiger partial charge in [0.1, 0.15) is 0 Å². The molecule has 37 heavy (non-hydrogen) atoms. The Bertz CT molecular complexity index is 1250. The number of rotatable bonds is 7. The fraction of sp³-hybridized carbons (Fsp3) is 0.250. The minimum atomic E-state index is -4.44. The molecule has 1 amide bonds. The van der Waals surface area contributed by atoms with Gasteiger partial charge in [0.15, 0.2) is 0 Å². The van der Waals surface area contributed by atoms with Crippen LogP contribution in [0.4, 0.5) is 35.9 Å². The van der Waals surface area contributed by atoms with Crippen molar-refractivity contribution in [3.63, 3.8) is 0 Å². The fourth-order valence-corrected chi connectivity index (χ4v) is 4.10. The highest BCUT2D eigenvalue weighted by molar-refractivity contribution is 6.03. The van der Waals surface area contributed by atoms with Gasteiger partial charge >= 0.3 is 6.18 Å². The van der Waals surface area contributed by atoms with Gasteiger partial charge in [0.2, 0.25) is 5.91 Å². The lowest BCUT2D eigenvalue weighted by Gasteiger charge is -2.35. The second-order valence-electron chi connectivity index (χ2n) is 9.02. The zero-order chi connectivity index (χ0) is 26.4. The van der Waals surface area contributed by atoms with E-state index in [1.54, 1.807) is 47.4 Å². The maximum Gasteiger partial charge on any atom is 0.418 e. The monoisotopic (exact) mass is 509 g/mol. The van der Waals surface area contributed by atoms with Crippen molar-refractivity contribution in [1.29, 1.82) is 0 Å². The Hall–Kier alpha value is -3.98. The van der Waals surface area contributed by atoms with E-state index < -0.39 is 11.7 Å². The van der Waals surface area contributed by atoms with Crippen LogP contribution in [0.15, 0.2) is 72.8 Å². The third-order valence-corrected chi connectivity index (χ3v) is 6.27. The molecule has 1 saturated heterocycles. The molecule has 0 aliphatic carbocycles. The molecule has 0 radical (unpaired) electrons. The zero-order valence-electron chi connectivity index (χ0n) is 20.6. The largest absolute Gasteiger partial charge is 0.418 e. The zero-order valence-corrected chi connectivity index (χ0v) is 20.6. The van der Waals surface area contributed by atoms with Gasteiger partial charge in [-0.2, -0.15) is 13.2 Å². The second kappa shape index (κ2) is 11.4. The quantitative estimate of drug-likeness (QED) is 0.298. The number of hydrogen-bond acceptors (Lipinski definition) is 5. The summed E-state index contributed by atoms with van der Waals surface area (Å²) in [5.74, 6) is -0.302. The molecule has 0 unspecified atom stereocenters. The molecule has 4 N–H and O–H groups in total. The van der Waals surface area contributed by atoms with E-state index in [0.29, 0.717) is 36.7 Å². The van der Waals surface area contributed by atoms with Crippen LogP contribution in [0.25, 0.3) is 6.08 Å². The second-order valence-corrected chi connectivity index (χ2v) is 9.02. The third kappa shape index (κ3) is 7.04. The summed E-state index contributed by atoms with van der Waals surface area (Å²) in [4.78, 5) is 16.1. The summed E-state index contributed by atoms with van der Waals surface area (Å²) in [6, 6.07) is 18.8. The van der Waals surface area contributed by atoms with Gasteiger partial charge in [-0.05, 0) is 54.6 Å². The number of hydrogen-bond donors (Lipinski definition) is 3. The molecule has 194 valence electrons. The van der Waals surface area contributed by atoms with Gasteiger partial charge in [-0.25, -0.2) is 0 Å². The molecular weight excluding hydrogens is 479 g/mol. The molecule has 0 saturated carbocycles. The van der Waals surface area contributed by atoms with E-state index in [1.165, 1.54) is 12.1 Å². The Morgan fingerprint density at radius 2 is 1.70 bits per heavy atom. The third-order valence-electron chi connectivity index (χ3n) is 6.27. The number of piperazine rings is 1. The smallest absolute Gasteiger partial charge is 0.397 e. The molecule has 9 heteroatoms. The summed E-state index contributed by atoms with van der Waals surface area (Å²) in [5, 5.41) is 5.82. The normalized spacial score (nSPS) is 14.6. The Labute approximate surface area is 214 Å². The predicted octanol–water partition coefficient (Wildman–Crippen LogP) is 5.30. The topological polar surface area (TPSA) is 73.6 Å². The molecule has 3 aromatic rings. The first-order valence-corrected chi connectivity index (χ1v) is 12.0. The SMILES string of the molecule is CN1CCN(c2ccc(NCc3ccc(C=CC(=O)Nc4ccccc4N)cc3)cc2C(F)(F)F)CC1. The van der Waals surface area contributed by atoms with Crippen LogP contribution in [0.5, 0.6) is 0 Å². The number of carbonyl (C=O) groups is 1. The van der Waals surface area contributed by atoms with Crippen molar-refractivity contribution in [3.8, 4) is 0 Å². The molecule has 1 heterocycles. The minimum absolute atomic E-state index is 0.223. The highest BCUT2D eigenvalue weighted by Crippen LogP contribution is 2.38. The maximum atomic E-state index is 13.8. The number of para-hydroxylation sites is 2. The Kier molecular flexibility index (Phi) is 8.03. The van der Waals surface area contributed by atoms with E-state index in [0.717, 1.165) is 24.2 Å². The van der Waals surface area contributed by atoms with Crippen LogP contribution in [-0.4, -0.2) is 44.0 Å². The van der Waals surface area contributed by atoms with Crippen LogP contribution < -0.4 is 21.3 Å². The average molecular weight is 510 g/mol. The van der Waals surface area contributed by atoms with Crippen LogP contribution in [0.1, 0.15) is 16.7 Å². The van der Waals surface area contributed by atoms with E-state index in [-0.39, 0.29) is 11.6 Å². The first-order chi connectivity index (χ1) is 17.7. The van der Waals surface area contributed by atoms with Crippen LogP contribution in [0, 0.1) is 0 Å². The van der Waals surface area contributed by atoms with Crippen LogP contribution in [0.2, 0.25) is 0 Å². The van der Waals surface area contributed by atoms with Crippen molar-refractivity contribution in [2.45, 2.75) is 12.7 Å². The van der Waals surface area contributed by atoms with Crippen molar-refractivity contribution in [1.82, 2.24) is 4.90 Å². The van der Waals surface area contributed by atoms with Gasteiger partial charge in [0, 0.05) is 50.2 Å². The molecule has 0 spiro atoms. The molecule has 3 aromatic carbocycles. The number of nitrogens with zero attached hydrogens (tertiary/aromatic N) is 2. The van der Waals surface area contributed by atoms with Gasteiger partial charge < -0.3 is 26.2 Å². The average Bonchev–Trinajstić information content (AvgIpc) is 2.88. The Morgan fingerprint density at radius 3 is 2.38 bits per heavy atom. The predicted molar refractivity (Wildman–Crippen MR) is 143 cm³/mol. The number of nitrogens with one attached hydrogen (secondary N) is 2. The maximum absolute atomic E-state index is 13.8. The number of nitrogens with two attached hydrogens (primary N) is 1. The summed E-state index contributed by atoms with van der Waals surface area (Å²) in [6.07, 6.45) is -1.35. The summed E-state index contributed by atoms with van der Waals surface area (Å²) in [5.41, 5.74) is 8.58. The number of alkyl halides is 3. The van der Waals surface area contributed by atoms with Gasteiger partial charge in [-0.1, -0.05) is 36.4 Å². The summed E-state index contributed by atoms with van der Waals surface area (Å²) in [6.45, 7) is 2.96. The number of anilines is 4. The Balaban J connectivity index is 1.36. The van der Waals surface area contributed by atoms with E-state index >= 15 is 0 Å². The lowest BCUT2D eigenvalue weighted by Crippen LogP contribution is -2.45. The number of amides is 1. The molecule has 0 aromatic heterocycles. The number of halogens is 3. The standard InChI is InChI=1S/C28H30F3N5O/c1-35-14-16-36(17-15-35)26-12-11-22(18-23(26)28(29,30)31)33-19-21-8-6-20(7-9-21)10-13-27(37)34-25-5-3-2-4-24(25)32/h2-13,18,33H,14-17,19,32H2,1H3,(H,34,37). The van der Waals surface area contributed by atoms with E-state index in [2.05, 4.69) is 15.5 Å². The van der Waals surface area contributed by atoms with Crippen LogP contribution in [-0.2, 0) is 17.5 Å². The van der Waals surface area contributed by atoms with Gasteiger partial charge in [-0.15, -0.1) is 0 Å². The molecule has 0 bridgehead atoms. The highest BCUT2D eigenvalue weighted by Gasteiger charge is 2.35. The van der Waals surface area contributed by atoms with Crippen molar-refractivity contribution in [2.24, 2.45) is 0 Å². The van der Waals surface area contributed by atoms with Gasteiger partial charge in [-0.3, -0.25) is 4.79 Å². The van der Waals surface area contributed by atoms with Crippen molar-refractivity contribution < 1.29 is 18.0 Å². The highest BCUT2D eigenvalue weighted by atomic mass is 19.4. The number of likely N-dealkylation sites (N-methyl/N-ethyl adjacent to an activating group) is 1. The molecule has 1 fully saturated rings. The molecule has 0 atom stereocenters. The van der Waals surface area contributed by atoms with Gasteiger partial charge in [0.25, 0.3) is 0 Å². The summed E-state index contributed by atoms with van der Waals surface area (Å²) >= 11 is 0. The number of carbonyl (C=O) groups excluding carboxylic acids is 1. The molecule has 6 nitrogen and oxygen atoms in total. The lowest BCUT2D eigenvalue weighted by molar-refractivity contribution is -0.137. The first kappa shape index (κ1) is 26.1. The molecule has 1 aliphatic heterocycles.